The Bertz CT molecular complexity index is 857. The Morgan fingerprint density at radius 1 is 1.32 bits per heavy atom. The number of aliphatic hydroxyl groups is 1. The van der Waals surface area contributed by atoms with Gasteiger partial charge in [0.25, 0.3) is 5.91 Å². The zero-order valence-corrected chi connectivity index (χ0v) is 16.4. The fourth-order valence-corrected chi connectivity index (χ4v) is 3.08. The molecule has 2 aromatic rings. The molecule has 2 heterocycles. The molecule has 0 unspecified atom stereocenters. The number of hydrogen-bond donors (Lipinski definition) is 1. The molecule has 0 radical (unpaired) electrons. The molecule has 1 atom stereocenters. The van der Waals surface area contributed by atoms with Gasteiger partial charge in [-0.2, -0.15) is 0 Å². The van der Waals surface area contributed by atoms with Crippen molar-refractivity contribution < 1.29 is 14.6 Å². The Morgan fingerprint density at radius 2 is 2.18 bits per heavy atom. The van der Waals surface area contributed by atoms with Gasteiger partial charge >= 0.3 is 0 Å². The molecule has 3 rings (SSSR count). The van der Waals surface area contributed by atoms with Gasteiger partial charge in [0.2, 0.25) is 0 Å². The smallest absolute Gasteiger partial charge is 0.254 e. The van der Waals surface area contributed by atoms with Gasteiger partial charge in [0.1, 0.15) is 5.60 Å². The lowest BCUT2D eigenvalue weighted by atomic mass is 10.1. The van der Waals surface area contributed by atoms with Crippen LogP contribution in [0.25, 0.3) is 0 Å². The highest BCUT2D eigenvalue weighted by Gasteiger charge is 2.24. The maximum Gasteiger partial charge on any atom is 0.254 e. The number of rotatable bonds is 5. The number of nitrogens with zero attached hydrogens (tertiary/aromatic N) is 2. The molecule has 1 aliphatic heterocycles. The van der Waals surface area contributed by atoms with Crippen LogP contribution in [-0.2, 0) is 11.3 Å². The molecule has 0 spiro atoms. The van der Waals surface area contributed by atoms with Gasteiger partial charge in [-0.1, -0.05) is 24.0 Å². The SMILES string of the molecule is CC(C)(O)C#Cc1cccc(C(=O)N(Cc2ccccn2)C[C@@H]2CCCO2)c1. The first-order valence-corrected chi connectivity index (χ1v) is 9.57. The number of carbonyl (C=O) groups excluding carboxylic acids is 1. The second-order valence-corrected chi connectivity index (χ2v) is 7.53. The predicted octanol–water partition coefficient (Wildman–Crippen LogP) is 3.03. The molecule has 1 fully saturated rings. The summed E-state index contributed by atoms with van der Waals surface area (Å²) in [5.74, 6) is 5.64. The van der Waals surface area contributed by atoms with Crippen molar-refractivity contribution in [1.82, 2.24) is 9.88 Å². The molecule has 1 saturated heterocycles. The minimum absolute atomic E-state index is 0.0609. The highest BCUT2D eigenvalue weighted by molar-refractivity contribution is 5.94. The average Bonchev–Trinajstić information content (AvgIpc) is 3.19. The van der Waals surface area contributed by atoms with Crippen LogP contribution in [-0.4, -0.2) is 45.8 Å². The van der Waals surface area contributed by atoms with E-state index in [2.05, 4.69) is 16.8 Å². The third kappa shape index (κ3) is 5.91. The number of benzene rings is 1. The lowest BCUT2D eigenvalue weighted by Crippen LogP contribution is -2.37. The van der Waals surface area contributed by atoms with Crippen molar-refractivity contribution in [2.45, 2.75) is 44.9 Å². The van der Waals surface area contributed by atoms with E-state index < -0.39 is 5.60 Å². The second kappa shape index (κ2) is 9.01. The molecule has 1 aromatic heterocycles. The number of amides is 1. The summed E-state index contributed by atoms with van der Waals surface area (Å²) >= 11 is 0. The summed E-state index contributed by atoms with van der Waals surface area (Å²) in [5.41, 5.74) is 1.02. The van der Waals surface area contributed by atoms with Gasteiger partial charge in [-0.15, -0.1) is 0 Å². The van der Waals surface area contributed by atoms with Gasteiger partial charge in [-0.25, -0.2) is 0 Å². The van der Waals surface area contributed by atoms with Crippen LogP contribution in [0, 0.1) is 11.8 Å². The molecule has 1 amide bonds. The third-order valence-corrected chi connectivity index (χ3v) is 4.44. The Balaban J connectivity index is 1.82. The van der Waals surface area contributed by atoms with E-state index in [9.17, 15) is 9.90 Å². The minimum atomic E-state index is -1.08. The molecule has 28 heavy (non-hydrogen) atoms. The first-order valence-electron chi connectivity index (χ1n) is 9.57. The number of pyridine rings is 1. The van der Waals surface area contributed by atoms with E-state index in [1.165, 1.54) is 0 Å². The molecule has 1 N–H and O–H groups in total. The van der Waals surface area contributed by atoms with Crippen molar-refractivity contribution in [1.29, 1.82) is 0 Å². The van der Waals surface area contributed by atoms with Gasteiger partial charge in [0, 0.05) is 30.5 Å². The van der Waals surface area contributed by atoms with E-state index in [-0.39, 0.29) is 12.0 Å². The second-order valence-electron chi connectivity index (χ2n) is 7.53. The lowest BCUT2D eigenvalue weighted by molar-refractivity contribution is 0.0504. The van der Waals surface area contributed by atoms with E-state index in [1.54, 1.807) is 37.1 Å². The topological polar surface area (TPSA) is 62.7 Å². The largest absolute Gasteiger partial charge is 0.378 e. The Morgan fingerprint density at radius 3 is 2.86 bits per heavy atom. The summed E-state index contributed by atoms with van der Waals surface area (Å²) in [6, 6.07) is 12.9. The average molecular weight is 378 g/mol. The Labute approximate surface area is 166 Å². The van der Waals surface area contributed by atoms with Gasteiger partial charge in [0.15, 0.2) is 0 Å². The van der Waals surface area contributed by atoms with Crippen LogP contribution >= 0.6 is 0 Å². The quantitative estimate of drug-likeness (QED) is 0.813. The zero-order chi connectivity index (χ0) is 20.0. The summed E-state index contributed by atoms with van der Waals surface area (Å²) in [7, 11) is 0. The summed E-state index contributed by atoms with van der Waals surface area (Å²) < 4.78 is 5.74. The van der Waals surface area contributed by atoms with Crippen molar-refractivity contribution >= 4 is 5.91 Å². The van der Waals surface area contributed by atoms with Gasteiger partial charge in [-0.05, 0) is 57.0 Å². The van der Waals surface area contributed by atoms with E-state index in [4.69, 9.17) is 4.74 Å². The molecular formula is C23H26N2O3. The normalized spacial score (nSPS) is 16.3. The Hall–Kier alpha value is -2.68. The fourth-order valence-electron chi connectivity index (χ4n) is 3.08. The summed E-state index contributed by atoms with van der Waals surface area (Å²) in [4.78, 5) is 19.4. The predicted molar refractivity (Wildman–Crippen MR) is 108 cm³/mol. The van der Waals surface area contributed by atoms with Crippen LogP contribution in [0.2, 0.25) is 0 Å². The number of aromatic nitrogens is 1. The van der Waals surface area contributed by atoms with Crippen LogP contribution in [0.15, 0.2) is 48.7 Å². The van der Waals surface area contributed by atoms with Crippen LogP contribution in [0.1, 0.15) is 48.3 Å². The highest BCUT2D eigenvalue weighted by atomic mass is 16.5. The standard InChI is InChI=1S/C23H26N2O3/c1-23(2,27)12-11-18-7-5-8-19(15-18)22(26)25(17-21-10-6-14-28-21)16-20-9-3-4-13-24-20/h3-5,7-9,13,15,21,27H,6,10,14,16-17H2,1-2H3/t21-/m0/s1. The number of hydrogen-bond acceptors (Lipinski definition) is 4. The maximum absolute atomic E-state index is 13.2. The molecule has 1 aromatic carbocycles. The zero-order valence-electron chi connectivity index (χ0n) is 16.4. The highest BCUT2D eigenvalue weighted by Crippen LogP contribution is 2.17. The minimum Gasteiger partial charge on any atom is -0.378 e. The van der Waals surface area contributed by atoms with Gasteiger partial charge in [0.05, 0.1) is 18.3 Å². The summed E-state index contributed by atoms with van der Waals surface area (Å²) in [5, 5.41) is 9.80. The van der Waals surface area contributed by atoms with E-state index >= 15 is 0 Å². The number of ether oxygens (including phenoxy) is 1. The molecule has 0 bridgehead atoms. The van der Waals surface area contributed by atoms with E-state index in [0.29, 0.717) is 24.2 Å². The summed E-state index contributed by atoms with van der Waals surface area (Å²) in [6.07, 6.45) is 3.78. The van der Waals surface area contributed by atoms with E-state index in [0.717, 1.165) is 25.1 Å². The fraction of sp³-hybridized carbons (Fsp3) is 0.391. The maximum atomic E-state index is 13.2. The molecule has 0 aliphatic carbocycles. The molecular weight excluding hydrogens is 352 g/mol. The van der Waals surface area contributed by atoms with Crippen LogP contribution in [0.3, 0.4) is 0 Å². The molecule has 1 aliphatic rings. The van der Waals surface area contributed by atoms with Crippen molar-refractivity contribution in [3.63, 3.8) is 0 Å². The van der Waals surface area contributed by atoms with Crippen LogP contribution < -0.4 is 0 Å². The first kappa shape index (κ1) is 20.1. The third-order valence-electron chi connectivity index (χ3n) is 4.44. The van der Waals surface area contributed by atoms with Gasteiger partial charge < -0.3 is 14.7 Å². The van der Waals surface area contributed by atoms with Crippen molar-refractivity contribution in [3.8, 4) is 11.8 Å². The van der Waals surface area contributed by atoms with Crippen molar-refractivity contribution in [3.05, 3.63) is 65.5 Å². The molecule has 5 nitrogen and oxygen atoms in total. The molecule has 5 heteroatoms. The van der Waals surface area contributed by atoms with Crippen LogP contribution in [0.5, 0.6) is 0 Å². The van der Waals surface area contributed by atoms with Crippen LogP contribution in [0.4, 0.5) is 0 Å². The summed E-state index contributed by atoms with van der Waals surface area (Å²) in [6.45, 7) is 4.97. The van der Waals surface area contributed by atoms with Crippen molar-refractivity contribution in [2.75, 3.05) is 13.2 Å². The monoisotopic (exact) mass is 378 g/mol. The lowest BCUT2D eigenvalue weighted by Gasteiger charge is -2.25. The van der Waals surface area contributed by atoms with Gasteiger partial charge in [-0.3, -0.25) is 9.78 Å². The van der Waals surface area contributed by atoms with E-state index in [1.807, 2.05) is 30.3 Å². The Kier molecular flexibility index (Phi) is 6.45. The number of carbonyl (C=O) groups is 1. The molecule has 0 saturated carbocycles. The first-order chi connectivity index (χ1) is 13.4. The molecule has 146 valence electrons. The van der Waals surface area contributed by atoms with Crippen molar-refractivity contribution in [2.24, 2.45) is 0 Å².